The molecule has 2 atom stereocenters. The third-order valence-electron chi connectivity index (χ3n) is 6.28. The van der Waals surface area contributed by atoms with Crippen LogP contribution in [0.4, 0.5) is 5.82 Å². The standard InChI is InChI=1S/C24H23N3O5/c1-31-18-8-5-13(11-19(18)32-2)14-9-16-21(17(29)10-14)20(12-3-6-15(28)7-4-12)22-23(25-16)26-27-24(22)30/h3-8,11,14,20,28H,9-10H2,1-2H3,(H3,25,26,27,30). The molecule has 2 aromatic carbocycles. The number of allylic oxidation sites excluding steroid dienone is 2. The molecule has 0 saturated heterocycles. The summed E-state index contributed by atoms with van der Waals surface area (Å²) in [6.07, 6.45) is 0.931. The average Bonchev–Trinajstić information content (AvgIpc) is 3.18. The zero-order valence-electron chi connectivity index (χ0n) is 17.7. The first-order valence-corrected chi connectivity index (χ1v) is 10.3. The molecule has 0 bridgehead atoms. The topological polar surface area (TPSA) is 116 Å². The maximum atomic E-state index is 13.5. The second-order valence-corrected chi connectivity index (χ2v) is 8.05. The van der Waals surface area contributed by atoms with Crippen molar-refractivity contribution in [3.8, 4) is 17.2 Å². The van der Waals surface area contributed by atoms with Crippen LogP contribution in [0.1, 0.15) is 41.4 Å². The summed E-state index contributed by atoms with van der Waals surface area (Å²) >= 11 is 0. The predicted molar refractivity (Wildman–Crippen MR) is 119 cm³/mol. The Morgan fingerprint density at radius 2 is 1.62 bits per heavy atom. The van der Waals surface area contributed by atoms with Crippen LogP contribution in [0, 0.1) is 0 Å². The number of H-pyrrole nitrogens is 2. The monoisotopic (exact) mass is 433 g/mol. The second-order valence-electron chi connectivity index (χ2n) is 8.05. The number of methoxy groups -OCH3 is 2. The molecule has 2 aliphatic rings. The highest BCUT2D eigenvalue weighted by atomic mass is 16.5. The number of phenols is 1. The van der Waals surface area contributed by atoms with Gasteiger partial charge in [0.05, 0.1) is 19.8 Å². The Balaban J connectivity index is 1.58. The van der Waals surface area contributed by atoms with Crippen molar-refractivity contribution in [3.63, 3.8) is 0 Å². The van der Waals surface area contributed by atoms with E-state index >= 15 is 0 Å². The molecule has 0 saturated carbocycles. The predicted octanol–water partition coefficient (Wildman–Crippen LogP) is 3.38. The van der Waals surface area contributed by atoms with E-state index in [1.807, 2.05) is 18.2 Å². The van der Waals surface area contributed by atoms with Crippen LogP contribution >= 0.6 is 0 Å². The molecule has 5 rings (SSSR count). The molecule has 8 nitrogen and oxygen atoms in total. The molecule has 0 amide bonds. The summed E-state index contributed by atoms with van der Waals surface area (Å²) < 4.78 is 10.8. The Morgan fingerprint density at radius 1 is 0.906 bits per heavy atom. The van der Waals surface area contributed by atoms with Gasteiger partial charge in [-0.1, -0.05) is 18.2 Å². The summed E-state index contributed by atoms with van der Waals surface area (Å²) in [6, 6.07) is 12.3. The van der Waals surface area contributed by atoms with E-state index in [0.29, 0.717) is 41.3 Å². The molecule has 2 heterocycles. The van der Waals surface area contributed by atoms with Crippen molar-refractivity contribution in [1.29, 1.82) is 0 Å². The van der Waals surface area contributed by atoms with Crippen molar-refractivity contribution < 1.29 is 19.4 Å². The summed E-state index contributed by atoms with van der Waals surface area (Å²) in [7, 11) is 3.17. The zero-order valence-corrected chi connectivity index (χ0v) is 17.7. The van der Waals surface area contributed by atoms with Crippen LogP contribution in [0.15, 0.2) is 58.5 Å². The number of ether oxygens (including phenoxy) is 2. The van der Waals surface area contributed by atoms with Crippen LogP contribution in [-0.2, 0) is 4.79 Å². The van der Waals surface area contributed by atoms with Gasteiger partial charge >= 0.3 is 0 Å². The molecule has 8 heteroatoms. The maximum Gasteiger partial charge on any atom is 0.270 e. The molecule has 0 spiro atoms. The van der Waals surface area contributed by atoms with Crippen molar-refractivity contribution in [1.82, 2.24) is 10.2 Å². The first-order valence-electron chi connectivity index (χ1n) is 10.3. The largest absolute Gasteiger partial charge is 0.508 e. The smallest absolute Gasteiger partial charge is 0.270 e. The van der Waals surface area contributed by atoms with Gasteiger partial charge in [0, 0.05) is 23.6 Å². The van der Waals surface area contributed by atoms with E-state index < -0.39 is 5.92 Å². The molecular formula is C24H23N3O5. The lowest BCUT2D eigenvalue weighted by molar-refractivity contribution is -0.116. The highest BCUT2D eigenvalue weighted by Gasteiger charge is 2.40. The number of carbonyl (C=O) groups excluding carboxylic acids is 1. The molecule has 164 valence electrons. The van der Waals surface area contributed by atoms with Crippen LogP contribution < -0.4 is 20.3 Å². The number of aromatic amines is 2. The van der Waals surface area contributed by atoms with E-state index in [0.717, 1.165) is 16.8 Å². The van der Waals surface area contributed by atoms with Crippen LogP contribution in [0.5, 0.6) is 17.2 Å². The summed E-state index contributed by atoms with van der Waals surface area (Å²) in [4.78, 5) is 26.0. The third-order valence-corrected chi connectivity index (χ3v) is 6.28. The second kappa shape index (κ2) is 7.64. The molecule has 0 radical (unpaired) electrons. The number of fused-ring (bicyclic) bond motifs is 1. The highest BCUT2D eigenvalue weighted by Crippen LogP contribution is 2.47. The van der Waals surface area contributed by atoms with E-state index in [4.69, 9.17) is 9.47 Å². The summed E-state index contributed by atoms with van der Waals surface area (Å²) in [5.41, 5.74) is 3.37. The van der Waals surface area contributed by atoms with Crippen molar-refractivity contribution >= 4 is 11.6 Å². The fourth-order valence-electron chi connectivity index (χ4n) is 4.76. The van der Waals surface area contributed by atoms with Gasteiger partial charge in [0.1, 0.15) is 11.6 Å². The number of benzene rings is 2. The summed E-state index contributed by atoms with van der Waals surface area (Å²) in [5.74, 6) is 1.39. The molecule has 2 unspecified atom stereocenters. The third kappa shape index (κ3) is 3.15. The number of phenolic OH excluding ortho intramolecular Hbond substituents is 1. The van der Waals surface area contributed by atoms with Crippen LogP contribution in [0.2, 0.25) is 0 Å². The lowest BCUT2D eigenvalue weighted by Gasteiger charge is -2.34. The van der Waals surface area contributed by atoms with Gasteiger partial charge in [-0.3, -0.25) is 19.8 Å². The van der Waals surface area contributed by atoms with Gasteiger partial charge in [-0.15, -0.1) is 0 Å². The fraction of sp³-hybridized carbons (Fsp3) is 0.250. The van der Waals surface area contributed by atoms with Crippen LogP contribution in [0.25, 0.3) is 0 Å². The Morgan fingerprint density at radius 3 is 2.34 bits per heavy atom. The van der Waals surface area contributed by atoms with Crippen molar-refractivity contribution in [2.24, 2.45) is 0 Å². The quantitative estimate of drug-likeness (QED) is 0.501. The molecule has 0 fully saturated rings. The number of aromatic nitrogens is 2. The molecule has 1 aromatic heterocycles. The first kappa shape index (κ1) is 20.0. The minimum Gasteiger partial charge on any atom is -0.508 e. The van der Waals surface area contributed by atoms with Gasteiger partial charge in [-0.25, -0.2) is 0 Å². The maximum absolute atomic E-state index is 13.5. The van der Waals surface area contributed by atoms with Crippen molar-refractivity contribution in [2.45, 2.75) is 24.7 Å². The Bertz CT molecular complexity index is 1290. The van der Waals surface area contributed by atoms with Gasteiger partial charge in [0.25, 0.3) is 5.56 Å². The number of rotatable bonds is 4. The van der Waals surface area contributed by atoms with Crippen LogP contribution in [0.3, 0.4) is 0 Å². The molecule has 3 aromatic rings. The normalized spacial score (nSPS) is 19.8. The van der Waals surface area contributed by atoms with Crippen LogP contribution in [-0.4, -0.2) is 35.3 Å². The molecule has 4 N–H and O–H groups in total. The lowest BCUT2D eigenvalue weighted by atomic mass is 9.73. The minimum absolute atomic E-state index is 0.0112. The van der Waals surface area contributed by atoms with Gasteiger partial charge in [-0.2, -0.15) is 0 Å². The fourth-order valence-corrected chi connectivity index (χ4v) is 4.76. The summed E-state index contributed by atoms with van der Waals surface area (Å²) in [6.45, 7) is 0. The van der Waals surface area contributed by atoms with Crippen molar-refractivity contribution in [2.75, 3.05) is 19.5 Å². The van der Waals surface area contributed by atoms with Gasteiger partial charge < -0.3 is 19.9 Å². The van der Waals surface area contributed by atoms with Crippen molar-refractivity contribution in [3.05, 3.63) is 80.8 Å². The average molecular weight is 433 g/mol. The minimum atomic E-state index is -0.504. The zero-order chi connectivity index (χ0) is 22.4. The van der Waals surface area contributed by atoms with E-state index in [9.17, 15) is 14.7 Å². The Kier molecular flexibility index (Phi) is 4.77. The highest BCUT2D eigenvalue weighted by molar-refractivity contribution is 6.01. The van der Waals surface area contributed by atoms with Gasteiger partial charge in [0.2, 0.25) is 0 Å². The Hall–Kier alpha value is -3.94. The van der Waals surface area contributed by atoms with Gasteiger partial charge in [0.15, 0.2) is 17.3 Å². The molecule has 32 heavy (non-hydrogen) atoms. The number of nitrogens with one attached hydrogen (secondary N) is 3. The SMILES string of the molecule is COc1ccc(C2CC(=O)C3=C(C2)Nc2[nH][nH]c(=O)c2C3c2ccc(O)cc2)cc1OC. The molecule has 1 aliphatic carbocycles. The number of aromatic hydroxyl groups is 1. The van der Waals surface area contributed by atoms with E-state index in [1.165, 1.54) is 0 Å². The number of anilines is 1. The van der Waals surface area contributed by atoms with E-state index in [-0.39, 0.29) is 23.0 Å². The Labute approximate surface area is 183 Å². The number of ketones is 1. The van der Waals surface area contributed by atoms with E-state index in [2.05, 4.69) is 15.5 Å². The number of Topliss-reactive ketones (excluding diaryl/α,β-unsaturated/α-hetero) is 1. The van der Waals surface area contributed by atoms with Gasteiger partial charge in [-0.05, 0) is 47.7 Å². The summed E-state index contributed by atoms with van der Waals surface area (Å²) in [5, 5.41) is 18.5. The number of hydrogen-bond donors (Lipinski definition) is 4. The molecular weight excluding hydrogens is 410 g/mol. The number of hydrogen-bond acceptors (Lipinski definition) is 6. The van der Waals surface area contributed by atoms with E-state index in [1.54, 1.807) is 38.5 Å². The first-order chi connectivity index (χ1) is 15.5. The molecule has 1 aliphatic heterocycles. The number of carbonyl (C=O) groups is 1. The lowest BCUT2D eigenvalue weighted by Crippen LogP contribution is -2.31.